The first-order valence-electron chi connectivity index (χ1n) is 7.75. The highest BCUT2D eigenvalue weighted by atomic mass is 19.4. The van der Waals surface area contributed by atoms with E-state index < -0.39 is 12.1 Å². The van der Waals surface area contributed by atoms with Crippen molar-refractivity contribution >= 4 is 17.1 Å². The van der Waals surface area contributed by atoms with Crippen LogP contribution >= 0.6 is 0 Å². The third-order valence-electron chi connectivity index (χ3n) is 3.43. The molecule has 0 bridgehead atoms. The standard InChI is InChI=1S/C17H15F3N4O2/c1-9(2)23-16(25)11-7-21-15-14(11)24-12(8-22-15)10-5-3-4-6-13(10)26-17(18,19)20/h3-9H,1-2H3,(H,21,22)(H,23,25). The number of nitrogens with one attached hydrogen (secondary N) is 2. The van der Waals surface area contributed by atoms with Gasteiger partial charge in [-0.1, -0.05) is 12.1 Å². The summed E-state index contributed by atoms with van der Waals surface area (Å²) in [5.41, 5.74) is 1.17. The lowest BCUT2D eigenvalue weighted by molar-refractivity contribution is -0.274. The molecule has 136 valence electrons. The fourth-order valence-electron chi connectivity index (χ4n) is 2.43. The van der Waals surface area contributed by atoms with Crippen molar-refractivity contribution in [1.29, 1.82) is 0 Å². The number of nitrogens with zero attached hydrogens (tertiary/aromatic N) is 2. The quantitative estimate of drug-likeness (QED) is 0.740. The van der Waals surface area contributed by atoms with Crippen molar-refractivity contribution in [2.24, 2.45) is 0 Å². The van der Waals surface area contributed by atoms with E-state index >= 15 is 0 Å². The normalized spacial score (nSPS) is 11.8. The van der Waals surface area contributed by atoms with Crippen LogP contribution in [0.1, 0.15) is 24.2 Å². The largest absolute Gasteiger partial charge is 0.573 e. The van der Waals surface area contributed by atoms with Gasteiger partial charge in [-0.25, -0.2) is 9.97 Å². The van der Waals surface area contributed by atoms with E-state index in [2.05, 4.69) is 25.0 Å². The Morgan fingerprint density at radius 1 is 1.27 bits per heavy atom. The van der Waals surface area contributed by atoms with Crippen LogP contribution < -0.4 is 10.1 Å². The number of halogens is 3. The van der Waals surface area contributed by atoms with Crippen LogP contribution in [0.15, 0.2) is 36.7 Å². The fraction of sp³-hybridized carbons (Fsp3) is 0.235. The van der Waals surface area contributed by atoms with E-state index in [-0.39, 0.29) is 34.3 Å². The van der Waals surface area contributed by atoms with Crippen molar-refractivity contribution in [1.82, 2.24) is 20.3 Å². The number of ether oxygens (including phenoxy) is 1. The SMILES string of the molecule is CC(C)NC(=O)c1c[nH]c2ncc(-c3ccccc3OC(F)(F)F)nc12. The Hall–Kier alpha value is -3.10. The van der Waals surface area contributed by atoms with Crippen molar-refractivity contribution in [2.45, 2.75) is 26.3 Å². The van der Waals surface area contributed by atoms with Gasteiger partial charge < -0.3 is 15.0 Å². The van der Waals surface area contributed by atoms with E-state index in [9.17, 15) is 18.0 Å². The molecule has 0 spiro atoms. The summed E-state index contributed by atoms with van der Waals surface area (Å²) < 4.78 is 41.9. The molecule has 0 atom stereocenters. The Labute approximate surface area is 146 Å². The molecule has 1 aromatic carbocycles. The van der Waals surface area contributed by atoms with Crippen LogP contribution in [0, 0.1) is 0 Å². The van der Waals surface area contributed by atoms with Crippen molar-refractivity contribution in [3.05, 3.63) is 42.2 Å². The Kier molecular flexibility index (Phi) is 4.54. The van der Waals surface area contributed by atoms with Crippen molar-refractivity contribution in [2.75, 3.05) is 0 Å². The zero-order valence-electron chi connectivity index (χ0n) is 13.9. The molecule has 26 heavy (non-hydrogen) atoms. The Bertz CT molecular complexity index is 951. The highest BCUT2D eigenvalue weighted by Crippen LogP contribution is 2.33. The first-order valence-corrected chi connectivity index (χ1v) is 7.75. The van der Waals surface area contributed by atoms with Crippen LogP contribution in [-0.2, 0) is 0 Å². The molecule has 1 amide bonds. The molecule has 0 unspecified atom stereocenters. The molecule has 3 rings (SSSR count). The Balaban J connectivity index is 2.06. The molecular formula is C17H15F3N4O2. The molecule has 2 aromatic heterocycles. The predicted octanol–water partition coefficient (Wildman–Crippen LogP) is 3.66. The number of rotatable bonds is 4. The van der Waals surface area contributed by atoms with E-state index in [4.69, 9.17) is 0 Å². The Morgan fingerprint density at radius 2 is 2.00 bits per heavy atom. The van der Waals surface area contributed by atoms with Gasteiger partial charge in [0.25, 0.3) is 5.91 Å². The molecule has 0 aliphatic rings. The number of H-pyrrole nitrogens is 1. The highest BCUT2D eigenvalue weighted by Gasteiger charge is 2.32. The topological polar surface area (TPSA) is 79.9 Å². The number of hydrogen-bond acceptors (Lipinski definition) is 4. The molecule has 0 aliphatic carbocycles. The van der Waals surface area contributed by atoms with Gasteiger partial charge in [-0.3, -0.25) is 4.79 Å². The van der Waals surface area contributed by atoms with Crippen LogP contribution in [0.5, 0.6) is 5.75 Å². The minimum absolute atomic E-state index is 0.0792. The lowest BCUT2D eigenvalue weighted by Gasteiger charge is -2.12. The predicted molar refractivity (Wildman–Crippen MR) is 88.6 cm³/mol. The second kappa shape index (κ2) is 6.66. The first-order chi connectivity index (χ1) is 12.2. The van der Waals surface area contributed by atoms with Crippen LogP contribution in [0.3, 0.4) is 0 Å². The van der Waals surface area contributed by atoms with E-state index in [0.717, 1.165) is 0 Å². The van der Waals surface area contributed by atoms with Crippen molar-refractivity contribution in [3.8, 4) is 17.0 Å². The number of carbonyl (C=O) groups is 1. The molecule has 9 heteroatoms. The summed E-state index contributed by atoms with van der Waals surface area (Å²) in [5, 5.41) is 2.74. The number of hydrogen-bond donors (Lipinski definition) is 2. The van der Waals surface area contributed by atoms with Gasteiger partial charge in [0.05, 0.1) is 17.5 Å². The van der Waals surface area contributed by atoms with Gasteiger partial charge in [-0.15, -0.1) is 13.2 Å². The number of carbonyl (C=O) groups excluding carboxylic acids is 1. The lowest BCUT2D eigenvalue weighted by Crippen LogP contribution is -2.29. The van der Waals surface area contributed by atoms with E-state index in [1.165, 1.54) is 30.6 Å². The number of aromatic nitrogens is 3. The van der Waals surface area contributed by atoms with E-state index in [0.29, 0.717) is 5.65 Å². The maximum absolute atomic E-state index is 12.6. The monoisotopic (exact) mass is 364 g/mol. The van der Waals surface area contributed by atoms with Gasteiger partial charge in [0.2, 0.25) is 0 Å². The number of aromatic amines is 1. The molecule has 3 aromatic rings. The summed E-state index contributed by atoms with van der Waals surface area (Å²) in [6.45, 7) is 3.63. The molecule has 0 aliphatic heterocycles. The first kappa shape index (κ1) is 17.7. The summed E-state index contributed by atoms with van der Waals surface area (Å²) in [6, 6.07) is 5.54. The van der Waals surface area contributed by atoms with Gasteiger partial charge >= 0.3 is 6.36 Å². The second-order valence-electron chi connectivity index (χ2n) is 5.83. The number of benzene rings is 1. The highest BCUT2D eigenvalue weighted by molar-refractivity contribution is 6.04. The smallest absolute Gasteiger partial charge is 0.405 e. The fourth-order valence-corrected chi connectivity index (χ4v) is 2.43. The summed E-state index contributed by atoms with van der Waals surface area (Å²) in [6.07, 6.45) is -2.05. The van der Waals surface area contributed by atoms with Crippen molar-refractivity contribution in [3.63, 3.8) is 0 Å². The third kappa shape index (κ3) is 3.76. The van der Waals surface area contributed by atoms with Crippen LogP contribution in [0.25, 0.3) is 22.4 Å². The van der Waals surface area contributed by atoms with Crippen molar-refractivity contribution < 1.29 is 22.7 Å². The molecule has 0 fully saturated rings. The van der Waals surface area contributed by atoms with Gasteiger partial charge in [0.1, 0.15) is 11.3 Å². The number of amides is 1. The maximum Gasteiger partial charge on any atom is 0.573 e. The summed E-state index contributed by atoms with van der Waals surface area (Å²) in [7, 11) is 0. The maximum atomic E-state index is 12.6. The summed E-state index contributed by atoms with van der Waals surface area (Å²) >= 11 is 0. The van der Waals surface area contributed by atoms with E-state index in [1.807, 2.05) is 13.8 Å². The third-order valence-corrected chi connectivity index (χ3v) is 3.43. The van der Waals surface area contributed by atoms with E-state index in [1.54, 1.807) is 6.07 Å². The lowest BCUT2D eigenvalue weighted by atomic mass is 10.1. The van der Waals surface area contributed by atoms with Crippen LogP contribution in [0.2, 0.25) is 0 Å². The summed E-state index contributed by atoms with van der Waals surface area (Å²) in [5.74, 6) is -0.741. The minimum atomic E-state index is -4.83. The van der Waals surface area contributed by atoms with Crippen LogP contribution in [-0.4, -0.2) is 33.3 Å². The Morgan fingerprint density at radius 3 is 2.69 bits per heavy atom. The van der Waals surface area contributed by atoms with Gasteiger partial charge in [-0.2, -0.15) is 0 Å². The van der Waals surface area contributed by atoms with Gasteiger partial charge in [0, 0.05) is 17.8 Å². The molecule has 2 heterocycles. The van der Waals surface area contributed by atoms with Crippen LogP contribution in [0.4, 0.5) is 13.2 Å². The minimum Gasteiger partial charge on any atom is -0.405 e. The number of para-hydroxylation sites is 1. The molecule has 0 saturated heterocycles. The summed E-state index contributed by atoms with van der Waals surface area (Å²) in [4.78, 5) is 23.6. The second-order valence-corrected chi connectivity index (χ2v) is 5.83. The van der Waals surface area contributed by atoms with Gasteiger partial charge in [0.15, 0.2) is 5.65 Å². The molecule has 0 saturated carbocycles. The zero-order valence-corrected chi connectivity index (χ0v) is 13.9. The average Bonchev–Trinajstić information content (AvgIpc) is 2.96. The molecule has 6 nitrogen and oxygen atoms in total. The zero-order chi connectivity index (χ0) is 18.9. The molecule has 0 radical (unpaired) electrons. The number of alkyl halides is 3. The number of fused-ring (bicyclic) bond motifs is 1. The molecular weight excluding hydrogens is 349 g/mol. The molecule has 2 N–H and O–H groups in total. The van der Waals surface area contributed by atoms with Gasteiger partial charge in [-0.05, 0) is 26.0 Å². The average molecular weight is 364 g/mol.